The second kappa shape index (κ2) is 8.54. The van der Waals surface area contributed by atoms with Gasteiger partial charge in [0.1, 0.15) is 17.9 Å². The number of rotatable bonds is 7. The van der Waals surface area contributed by atoms with Gasteiger partial charge in [0.05, 0.1) is 0 Å². The first kappa shape index (κ1) is 18.2. The molecule has 3 N–H and O–H groups in total. The molecule has 0 saturated carbocycles. The van der Waals surface area contributed by atoms with E-state index in [1.807, 2.05) is 0 Å². The Hall–Kier alpha value is -2.88. The molecule has 1 aromatic rings. The number of halogens is 1. The van der Waals surface area contributed by atoms with Crippen LogP contribution in [0.15, 0.2) is 24.3 Å². The Balaban J connectivity index is 2.88. The molecule has 23 heavy (non-hydrogen) atoms. The topological polar surface area (TPSA) is 95.5 Å². The lowest BCUT2D eigenvalue weighted by molar-refractivity contribution is -0.142. The first-order valence-corrected chi connectivity index (χ1v) is 6.81. The van der Waals surface area contributed by atoms with Crippen LogP contribution in [0.25, 0.3) is 0 Å². The molecule has 0 bridgehead atoms. The normalized spacial score (nSPS) is 12.6. The van der Waals surface area contributed by atoms with Crippen LogP contribution in [0.2, 0.25) is 0 Å². The van der Waals surface area contributed by atoms with Crippen molar-refractivity contribution in [1.82, 2.24) is 10.6 Å². The molecule has 0 unspecified atom stereocenters. The Labute approximate surface area is 133 Å². The molecule has 122 valence electrons. The van der Waals surface area contributed by atoms with Gasteiger partial charge >= 0.3 is 5.97 Å². The molecule has 0 aliphatic rings. The summed E-state index contributed by atoms with van der Waals surface area (Å²) in [6.45, 7) is 1.22. The Morgan fingerprint density at radius 2 is 2.00 bits per heavy atom. The number of carboxylic acids is 1. The third-order valence-electron chi connectivity index (χ3n) is 2.96. The predicted octanol–water partition coefficient (Wildman–Crippen LogP) is 0.466. The fraction of sp³-hybridized carbons (Fsp3) is 0.312. The van der Waals surface area contributed by atoms with Crippen LogP contribution in [0.1, 0.15) is 18.9 Å². The number of carboxylic acid groups (broad SMARTS) is 1. The third-order valence-corrected chi connectivity index (χ3v) is 2.96. The van der Waals surface area contributed by atoms with Gasteiger partial charge in [0.2, 0.25) is 11.8 Å². The Morgan fingerprint density at radius 1 is 1.30 bits per heavy atom. The third kappa shape index (κ3) is 6.18. The molecular formula is C16H17FN2O4. The maximum absolute atomic E-state index is 13.2. The number of amides is 2. The highest BCUT2D eigenvalue weighted by atomic mass is 19.1. The SMILES string of the molecule is C#CC[C@@H](NC(=O)[C@@H](Cc1cccc(F)c1)NC(C)=O)C(=O)O. The monoisotopic (exact) mass is 320 g/mol. The first-order valence-electron chi connectivity index (χ1n) is 6.81. The lowest BCUT2D eigenvalue weighted by atomic mass is 10.0. The zero-order valence-corrected chi connectivity index (χ0v) is 12.5. The van der Waals surface area contributed by atoms with Crippen LogP contribution in [0.3, 0.4) is 0 Å². The molecule has 7 heteroatoms. The van der Waals surface area contributed by atoms with Crippen molar-refractivity contribution in [2.24, 2.45) is 0 Å². The average molecular weight is 320 g/mol. The van der Waals surface area contributed by atoms with Gasteiger partial charge in [0.25, 0.3) is 0 Å². The highest BCUT2D eigenvalue weighted by Crippen LogP contribution is 2.07. The lowest BCUT2D eigenvalue weighted by Gasteiger charge is -2.20. The van der Waals surface area contributed by atoms with Crippen molar-refractivity contribution in [3.63, 3.8) is 0 Å². The molecule has 0 aliphatic carbocycles. The molecular weight excluding hydrogens is 303 g/mol. The van der Waals surface area contributed by atoms with Crippen molar-refractivity contribution in [3.05, 3.63) is 35.6 Å². The van der Waals surface area contributed by atoms with Crippen molar-refractivity contribution < 1.29 is 23.9 Å². The number of nitrogens with one attached hydrogen (secondary N) is 2. The second-order valence-corrected chi connectivity index (χ2v) is 4.89. The number of carbonyl (C=O) groups excluding carboxylic acids is 2. The fourth-order valence-corrected chi connectivity index (χ4v) is 1.94. The first-order chi connectivity index (χ1) is 10.8. The van der Waals surface area contributed by atoms with Gasteiger partial charge in [-0.2, -0.15) is 0 Å². The second-order valence-electron chi connectivity index (χ2n) is 4.89. The molecule has 0 spiro atoms. The Kier molecular flexibility index (Phi) is 6.74. The molecule has 2 amide bonds. The molecule has 0 aliphatic heterocycles. The summed E-state index contributed by atoms with van der Waals surface area (Å²) in [5.41, 5.74) is 0.489. The number of benzene rings is 1. The molecule has 0 saturated heterocycles. The van der Waals surface area contributed by atoms with E-state index in [0.29, 0.717) is 5.56 Å². The molecule has 2 atom stereocenters. The molecule has 6 nitrogen and oxygen atoms in total. The zero-order valence-electron chi connectivity index (χ0n) is 12.5. The van der Waals surface area contributed by atoms with Gasteiger partial charge in [-0.25, -0.2) is 9.18 Å². The van der Waals surface area contributed by atoms with Crippen molar-refractivity contribution in [2.75, 3.05) is 0 Å². The van der Waals surface area contributed by atoms with Gasteiger partial charge in [0.15, 0.2) is 0 Å². The number of hydrogen-bond donors (Lipinski definition) is 3. The van der Waals surface area contributed by atoms with E-state index in [0.717, 1.165) is 0 Å². The van der Waals surface area contributed by atoms with Gasteiger partial charge < -0.3 is 15.7 Å². The Morgan fingerprint density at radius 3 is 2.52 bits per heavy atom. The Bertz CT molecular complexity index is 639. The molecule has 1 rings (SSSR count). The van der Waals surface area contributed by atoms with Gasteiger partial charge in [-0.05, 0) is 17.7 Å². The minimum atomic E-state index is -1.27. The van der Waals surface area contributed by atoms with Crippen molar-refractivity contribution >= 4 is 17.8 Å². The zero-order chi connectivity index (χ0) is 17.4. The van der Waals surface area contributed by atoms with E-state index in [1.54, 1.807) is 6.07 Å². The summed E-state index contributed by atoms with van der Waals surface area (Å²) >= 11 is 0. The van der Waals surface area contributed by atoms with Crippen molar-refractivity contribution in [2.45, 2.75) is 31.8 Å². The van der Waals surface area contributed by atoms with Crippen LogP contribution < -0.4 is 10.6 Å². The average Bonchev–Trinajstić information content (AvgIpc) is 2.45. The van der Waals surface area contributed by atoms with Gasteiger partial charge in [-0.3, -0.25) is 9.59 Å². The standard InChI is InChI=1S/C16H17FN2O4/c1-3-5-13(16(22)23)19-15(21)14(18-10(2)20)9-11-6-4-7-12(17)8-11/h1,4,6-8,13-14H,5,9H2,2H3,(H,18,20)(H,19,21)(H,22,23)/t13-,14-/m1/s1. The maximum atomic E-state index is 13.2. The summed E-state index contributed by atoms with van der Waals surface area (Å²) in [7, 11) is 0. The van der Waals surface area contributed by atoms with Crippen LogP contribution in [-0.4, -0.2) is 35.0 Å². The van der Waals surface area contributed by atoms with Gasteiger partial charge in [0, 0.05) is 19.8 Å². The van der Waals surface area contributed by atoms with Gasteiger partial charge in [-0.1, -0.05) is 12.1 Å². The summed E-state index contributed by atoms with van der Waals surface area (Å²) in [5, 5.41) is 13.7. The summed E-state index contributed by atoms with van der Waals surface area (Å²) in [4.78, 5) is 34.5. The van der Waals surface area contributed by atoms with E-state index in [1.165, 1.54) is 25.1 Å². The minimum absolute atomic E-state index is 0.0194. The number of terminal acetylenes is 1. The molecule has 1 aromatic carbocycles. The fourth-order valence-electron chi connectivity index (χ4n) is 1.94. The minimum Gasteiger partial charge on any atom is -0.480 e. The quantitative estimate of drug-likeness (QED) is 0.636. The number of aliphatic carboxylic acids is 1. The van der Waals surface area contributed by atoms with Crippen LogP contribution >= 0.6 is 0 Å². The molecule has 0 radical (unpaired) electrons. The maximum Gasteiger partial charge on any atom is 0.327 e. The smallest absolute Gasteiger partial charge is 0.327 e. The summed E-state index contributed by atoms with van der Waals surface area (Å²) in [5.74, 6) is -0.757. The number of carbonyl (C=O) groups is 3. The summed E-state index contributed by atoms with van der Waals surface area (Å²) in [6, 6.07) is 3.28. The molecule has 0 aromatic heterocycles. The van der Waals surface area contributed by atoms with Crippen LogP contribution in [0, 0.1) is 18.2 Å². The van der Waals surface area contributed by atoms with Crippen LogP contribution in [0.4, 0.5) is 4.39 Å². The summed E-state index contributed by atoms with van der Waals surface area (Å²) in [6.07, 6.45) is 4.90. The largest absolute Gasteiger partial charge is 0.480 e. The van der Waals surface area contributed by atoms with E-state index in [9.17, 15) is 18.8 Å². The summed E-state index contributed by atoms with van der Waals surface area (Å²) < 4.78 is 13.2. The van der Waals surface area contributed by atoms with Crippen LogP contribution in [-0.2, 0) is 20.8 Å². The van der Waals surface area contributed by atoms with Crippen LogP contribution in [0.5, 0.6) is 0 Å². The highest BCUT2D eigenvalue weighted by Gasteiger charge is 2.25. The molecule has 0 fully saturated rings. The predicted molar refractivity (Wildman–Crippen MR) is 80.7 cm³/mol. The van der Waals surface area contributed by atoms with Crippen molar-refractivity contribution in [1.29, 1.82) is 0 Å². The van der Waals surface area contributed by atoms with E-state index < -0.39 is 35.7 Å². The highest BCUT2D eigenvalue weighted by molar-refractivity contribution is 5.90. The number of hydrogen-bond acceptors (Lipinski definition) is 3. The lowest BCUT2D eigenvalue weighted by Crippen LogP contribution is -2.52. The van der Waals surface area contributed by atoms with E-state index >= 15 is 0 Å². The van der Waals surface area contributed by atoms with Gasteiger partial charge in [-0.15, -0.1) is 12.3 Å². The van der Waals surface area contributed by atoms with Crippen molar-refractivity contribution in [3.8, 4) is 12.3 Å². The van der Waals surface area contributed by atoms with E-state index in [4.69, 9.17) is 11.5 Å². The molecule has 0 heterocycles. The van der Waals surface area contributed by atoms with E-state index in [2.05, 4.69) is 16.6 Å². The van der Waals surface area contributed by atoms with E-state index in [-0.39, 0.29) is 12.8 Å².